The maximum absolute atomic E-state index is 12.1. The Labute approximate surface area is 155 Å². The first-order chi connectivity index (χ1) is 12.4. The third-order valence-electron chi connectivity index (χ3n) is 3.79. The van der Waals surface area contributed by atoms with E-state index in [1.165, 1.54) is 13.3 Å². The summed E-state index contributed by atoms with van der Waals surface area (Å²) in [6.45, 7) is 4.19. The van der Waals surface area contributed by atoms with Crippen molar-refractivity contribution >= 4 is 29.4 Å². The van der Waals surface area contributed by atoms with Crippen LogP contribution in [0.2, 0.25) is 0 Å². The highest BCUT2D eigenvalue weighted by Crippen LogP contribution is 2.15. The molecule has 9 nitrogen and oxygen atoms in total. The second-order valence-corrected chi connectivity index (χ2v) is 6.67. The second-order valence-electron chi connectivity index (χ2n) is 5.68. The van der Waals surface area contributed by atoms with E-state index in [0.717, 1.165) is 22.8 Å². The molecule has 0 fully saturated rings. The highest BCUT2D eigenvalue weighted by molar-refractivity contribution is 7.98. The summed E-state index contributed by atoms with van der Waals surface area (Å²) in [6.07, 6.45) is 5.65. The first-order valence-corrected chi connectivity index (χ1v) is 9.42. The Morgan fingerprint density at radius 3 is 2.81 bits per heavy atom. The first kappa shape index (κ1) is 19.8. The van der Waals surface area contributed by atoms with Crippen molar-refractivity contribution in [1.82, 2.24) is 20.3 Å². The fourth-order valence-electron chi connectivity index (χ4n) is 2.36. The molecule has 2 aromatic heterocycles. The van der Waals surface area contributed by atoms with Gasteiger partial charge in [-0.3, -0.25) is 4.68 Å². The molecule has 0 aliphatic heterocycles. The minimum absolute atomic E-state index is 0.469. The smallest absolute Gasteiger partial charge is 0.328 e. The van der Waals surface area contributed by atoms with Crippen molar-refractivity contribution in [3.05, 3.63) is 29.4 Å². The quantitative estimate of drug-likeness (QED) is 0.672. The van der Waals surface area contributed by atoms with Crippen molar-refractivity contribution in [1.29, 1.82) is 0 Å². The summed E-state index contributed by atoms with van der Waals surface area (Å²) in [4.78, 5) is 23.9. The molecule has 1 atom stereocenters. The Hall–Kier alpha value is -2.49. The Morgan fingerprint density at radius 1 is 1.42 bits per heavy atom. The Balaban J connectivity index is 1.94. The SMILES string of the molecule is COC(=O)[C@H](CCSC)NC(=O)Nc1cnn(Cc2c(C)noc2C)c1. The molecule has 0 bridgehead atoms. The van der Waals surface area contributed by atoms with E-state index in [2.05, 4.69) is 20.9 Å². The van der Waals surface area contributed by atoms with Gasteiger partial charge in [0.05, 0.1) is 31.2 Å². The summed E-state index contributed by atoms with van der Waals surface area (Å²) in [7, 11) is 1.30. The van der Waals surface area contributed by atoms with Crippen LogP contribution in [0.15, 0.2) is 16.9 Å². The number of hydrogen-bond acceptors (Lipinski definition) is 7. The molecule has 2 heterocycles. The zero-order chi connectivity index (χ0) is 19.1. The fourth-order valence-corrected chi connectivity index (χ4v) is 2.83. The van der Waals surface area contributed by atoms with Gasteiger partial charge < -0.3 is 19.9 Å². The van der Waals surface area contributed by atoms with Gasteiger partial charge in [0.2, 0.25) is 0 Å². The van der Waals surface area contributed by atoms with E-state index in [1.54, 1.807) is 22.6 Å². The second kappa shape index (κ2) is 9.27. The molecule has 142 valence electrons. The fraction of sp³-hybridized carbons (Fsp3) is 0.500. The normalized spacial score (nSPS) is 11.8. The molecule has 0 saturated heterocycles. The molecular weight excluding hydrogens is 358 g/mol. The van der Waals surface area contributed by atoms with E-state index in [9.17, 15) is 9.59 Å². The van der Waals surface area contributed by atoms with Crippen molar-refractivity contribution in [3.63, 3.8) is 0 Å². The summed E-state index contributed by atoms with van der Waals surface area (Å²) < 4.78 is 11.5. The lowest BCUT2D eigenvalue weighted by molar-refractivity contribution is -0.142. The number of carbonyl (C=O) groups excluding carboxylic acids is 2. The highest BCUT2D eigenvalue weighted by Gasteiger charge is 2.21. The van der Waals surface area contributed by atoms with E-state index in [-0.39, 0.29) is 0 Å². The standard InChI is InChI=1S/C16H23N5O4S/c1-10-13(11(2)25-20-10)9-21-8-12(7-17-21)18-16(23)19-14(5-6-26-4)15(22)24-3/h7-8,14H,5-6,9H2,1-4H3,(H2,18,19,23)/t14-/m0/s1. The van der Waals surface area contributed by atoms with Crippen LogP contribution in [-0.2, 0) is 16.1 Å². The summed E-state index contributed by atoms with van der Waals surface area (Å²) in [5, 5.41) is 13.4. The van der Waals surface area contributed by atoms with Gasteiger partial charge in [-0.15, -0.1) is 0 Å². The number of aromatic nitrogens is 3. The summed E-state index contributed by atoms with van der Waals surface area (Å²) in [5.41, 5.74) is 2.27. The van der Waals surface area contributed by atoms with Crippen LogP contribution in [-0.4, -0.2) is 52.1 Å². The van der Waals surface area contributed by atoms with E-state index in [4.69, 9.17) is 9.26 Å². The third-order valence-corrected chi connectivity index (χ3v) is 4.44. The van der Waals surface area contributed by atoms with Crippen LogP contribution in [0.25, 0.3) is 0 Å². The minimum Gasteiger partial charge on any atom is -0.467 e. The van der Waals surface area contributed by atoms with Gasteiger partial charge in [0.25, 0.3) is 0 Å². The van der Waals surface area contributed by atoms with Gasteiger partial charge in [0, 0.05) is 11.8 Å². The maximum atomic E-state index is 12.1. The number of urea groups is 1. The highest BCUT2D eigenvalue weighted by atomic mass is 32.2. The van der Waals surface area contributed by atoms with Crippen molar-refractivity contribution in [2.45, 2.75) is 32.9 Å². The molecule has 0 aliphatic carbocycles. The number of nitrogens with zero attached hydrogens (tertiary/aromatic N) is 3. The van der Waals surface area contributed by atoms with Gasteiger partial charge in [-0.05, 0) is 32.3 Å². The van der Waals surface area contributed by atoms with Gasteiger partial charge in [0.1, 0.15) is 11.8 Å². The number of aryl methyl sites for hydroxylation is 2. The molecule has 0 unspecified atom stereocenters. The lowest BCUT2D eigenvalue weighted by atomic mass is 10.2. The van der Waals surface area contributed by atoms with E-state index in [0.29, 0.717) is 18.7 Å². The molecule has 0 saturated carbocycles. The number of ether oxygens (including phenoxy) is 1. The lowest BCUT2D eigenvalue weighted by Gasteiger charge is -2.16. The lowest BCUT2D eigenvalue weighted by Crippen LogP contribution is -2.43. The number of methoxy groups -OCH3 is 1. The number of anilines is 1. The molecule has 0 radical (unpaired) electrons. The minimum atomic E-state index is -0.690. The van der Waals surface area contributed by atoms with Crippen LogP contribution < -0.4 is 10.6 Å². The molecule has 0 spiro atoms. The molecule has 2 aromatic rings. The molecular formula is C16H23N5O4S. The number of nitrogens with one attached hydrogen (secondary N) is 2. The molecule has 10 heteroatoms. The third kappa shape index (κ3) is 5.25. The van der Waals surface area contributed by atoms with E-state index >= 15 is 0 Å². The molecule has 26 heavy (non-hydrogen) atoms. The monoisotopic (exact) mass is 381 g/mol. The van der Waals surface area contributed by atoms with Crippen molar-refractivity contribution in [3.8, 4) is 0 Å². The summed E-state index contributed by atoms with van der Waals surface area (Å²) >= 11 is 1.59. The zero-order valence-corrected chi connectivity index (χ0v) is 16.1. The Bertz CT molecular complexity index is 738. The predicted molar refractivity (Wildman–Crippen MR) is 98.3 cm³/mol. The largest absolute Gasteiger partial charge is 0.467 e. The van der Waals surface area contributed by atoms with E-state index < -0.39 is 18.0 Å². The molecule has 0 aliphatic rings. The van der Waals surface area contributed by atoms with Gasteiger partial charge in [-0.2, -0.15) is 16.9 Å². The Morgan fingerprint density at radius 2 is 2.19 bits per heavy atom. The summed E-state index contributed by atoms with van der Waals surface area (Å²) in [6, 6.07) is -1.18. The molecule has 2 N–H and O–H groups in total. The maximum Gasteiger partial charge on any atom is 0.328 e. The van der Waals surface area contributed by atoms with Crippen molar-refractivity contribution < 1.29 is 18.8 Å². The molecule has 2 amide bonds. The summed E-state index contributed by atoms with van der Waals surface area (Å²) in [5.74, 6) is 0.998. The van der Waals surface area contributed by atoms with Crippen LogP contribution in [0.3, 0.4) is 0 Å². The average Bonchev–Trinajstić information content (AvgIpc) is 3.19. The number of carbonyl (C=O) groups is 2. The number of rotatable bonds is 8. The van der Waals surface area contributed by atoms with Gasteiger partial charge in [-0.1, -0.05) is 5.16 Å². The van der Waals surface area contributed by atoms with Crippen LogP contribution >= 0.6 is 11.8 Å². The number of thioether (sulfide) groups is 1. The predicted octanol–water partition coefficient (Wildman–Crippen LogP) is 1.95. The Kier molecular flexibility index (Phi) is 7.07. The van der Waals surface area contributed by atoms with Gasteiger partial charge >= 0.3 is 12.0 Å². The number of esters is 1. The van der Waals surface area contributed by atoms with Crippen molar-refractivity contribution in [2.24, 2.45) is 0 Å². The van der Waals surface area contributed by atoms with Gasteiger partial charge in [-0.25, -0.2) is 9.59 Å². The average molecular weight is 381 g/mol. The van der Waals surface area contributed by atoms with Crippen LogP contribution in [0.1, 0.15) is 23.4 Å². The zero-order valence-electron chi connectivity index (χ0n) is 15.2. The van der Waals surface area contributed by atoms with Crippen molar-refractivity contribution in [2.75, 3.05) is 24.4 Å². The number of hydrogen-bond donors (Lipinski definition) is 2. The van der Waals surface area contributed by atoms with Crippen LogP contribution in [0.5, 0.6) is 0 Å². The van der Waals surface area contributed by atoms with E-state index in [1.807, 2.05) is 20.1 Å². The number of amides is 2. The topological polar surface area (TPSA) is 111 Å². The van der Waals surface area contributed by atoms with Crippen LogP contribution in [0.4, 0.5) is 10.5 Å². The first-order valence-electron chi connectivity index (χ1n) is 8.03. The van der Waals surface area contributed by atoms with Crippen LogP contribution in [0, 0.1) is 13.8 Å². The molecule has 2 rings (SSSR count). The van der Waals surface area contributed by atoms with Gasteiger partial charge in [0.15, 0.2) is 0 Å². The molecule has 0 aromatic carbocycles.